The number of aromatic amines is 1. The molecule has 0 unspecified atom stereocenters. The first-order valence-corrected chi connectivity index (χ1v) is 11.0. The van der Waals surface area contributed by atoms with Crippen LogP contribution < -0.4 is 5.56 Å². The summed E-state index contributed by atoms with van der Waals surface area (Å²) in [5, 5.41) is 2.02. The zero-order valence-electron chi connectivity index (χ0n) is 16.8. The van der Waals surface area contributed by atoms with Gasteiger partial charge in [-0.25, -0.2) is 4.98 Å². The molecule has 4 aromatic rings. The van der Waals surface area contributed by atoms with Gasteiger partial charge in [-0.2, -0.15) is 0 Å². The Hall–Kier alpha value is -2.60. The second kappa shape index (κ2) is 8.50. The van der Waals surface area contributed by atoms with E-state index >= 15 is 0 Å². The van der Waals surface area contributed by atoms with E-state index in [2.05, 4.69) is 16.0 Å². The summed E-state index contributed by atoms with van der Waals surface area (Å²) < 4.78 is 7.14. The molecule has 0 aliphatic carbocycles. The van der Waals surface area contributed by atoms with Crippen molar-refractivity contribution in [2.24, 2.45) is 0 Å². The summed E-state index contributed by atoms with van der Waals surface area (Å²) >= 11 is 12.1. The molecule has 5 nitrogen and oxygen atoms in total. The number of nitrogens with one attached hydrogen (secondary N) is 1. The predicted octanol–water partition coefficient (Wildman–Crippen LogP) is 5.64. The Labute approximate surface area is 189 Å². The summed E-state index contributed by atoms with van der Waals surface area (Å²) in [6.45, 7) is 2.01. The molecule has 0 radical (unpaired) electrons. The first-order valence-electron chi connectivity index (χ1n) is 10.3. The topological polar surface area (TPSA) is 59.9 Å². The summed E-state index contributed by atoms with van der Waals surface area (Å²) in [5.74, 6) is 0.465. The molecule has 1 fully saturated rings. The van der Waals surface area contributed by atoms with Crippen molar-refractivity contribution in [3.63, 3.8) is 0 Å². The second-order valence-electron chi connectivity index (χ2n) is 7.88. The maximum Gasteiger partial charge on any atom is 0.251 e. The van der Waals surface area contributed by atoms with Gasteiger partial charge in [0.2, 0.25) is 0 Å². The van der Waals surface area contributed by atoms with E-state index in [-0.39, 0.29) is 5.56 Å². The number of nitrogens with zero attached hydrogens (tertiary/aromatic N) is 2. The molecule has 1 aliphatic rings. The van der Waals surface area contributed by atoms with E-state index in [0.717, 1.165) is 53.8 Å². The van der Waals surface area contributed by atoms with Crippen molar-refractivity contribution in [1.29, 1.82) is 0 Å². The van der Waals surface area contributed by atoms with Crippen LogP contribution in [0, 0.1) is 0 Å². The molecule has 4 heterocycles. The standard InChI is InChI=1S/C24H21Cl2N3O2/c25-21-2-1-15(9-22(21)26)14-29-6-3-17(11-23(29)30)20-13-28-24-19(20)10-18(12-27-24)16-4-7-31-8-5-16/h1-3,6,9-13,16H,4-5,7-8,14H2,(H,27,28). The Balaban J connectivity index is 1.46. The Kier molecular flexibility index (Phi) is 5.57. The molecule has 1 saturated heterocycles. The van der Waals surface area contributed by atoms with Crippen molar-refractivity contribution in [3.05, 3.63) is 86.5 Å². The molecule has 0 amide bonds. The van der Waals surface area contributed by atoms with E-state index in [9.17, 15) is 4.79 Å². The Morgan fingerprint density at radius 2 is 1.94 bits per heavy atom. The number of rotatable bonds is 4. The quantitative estimate of drug-likeness (QED) is 0.434. The lowest BCUT2D eigenvalue weighted by molar-refractivity contribution is 0.0853. The van der Waals surface area contributed by atoms with E-state index in [1.807, 2.05) is 30.7 Å². The zero-order valence-corrected chi connectivity index (χ0v) is 18.3. The van der Waals surface area contributed by atoms with Crippen molar-refractivity contribution in [1.82, 2.24) is 14.5 Å². The van der Waals surface area contributed by atoms with Crippen molar-refractivity contribution in [2.45, 2.75) is 25.3 Å². The number of pyridine rings is 2. The lowest BCUT2D eigenvalue weighted by Crippen LogP contribution is -2.19. The first kappa shape index (κ1) is 20.3. The van der Waals surface area contributed by atoms with Crippen LogP contribution >= 0.6 is 23.2 Å². The van der Waals surface area contributed by atoms with Crippen LogP contribution in [0.3, 0.4) is 0 Å². The lowest BCUT2D eigenvalue weighted by Gasteiger charge is -2.22. The van der Waals surface area contributed by atoms with Crippen LogP contribution in [0.1, 0.15) is 29.9 Å². The monoisotopic (exact) mass is 453 g/mol. The molecule has 3 aromatic heterocycles. The van der Waals surface area contributed by atoms with Gasteiger partial charge in [0.25, 0.3) is 5.56 Å². The predicted molar refractivity (Wildman–Crippen MR) is 124 cm³/mol. The van der Waals surface area contributed by atoms with Gasteiger partial charge in [-0.05, 0) is 59.7 Å². The van der Waals surface area contributed by atoms with Gasteiger partial charge in [0.05, 0.1) is 16.6 Å². The molecule has 5 rings (SSSR count). The van der Waals surface area contributed by atoms with Gasteiger partial charge in [0.1, 0.15) is 5.65 Å². The van der Waals surface area contributed by atoms with Crippen molar-refractivity contribution < 1.29 is 4.74 Å². The number of fused-ring (bicyclic) bond motifs is 1. The highest BCUT2D eigenvalue weighted by atomic mass is 35.5. The number of halogens is 2. The zero-order chi connectivity index (χ0) is 21.4. The van der Waals surface area contributed by atoms with Crippen LogP contribution in [0.15, 0.2) is 59.8 Å². The molecule has 158 valence electrons. The van der Waals surface area contributed by atoms with Crippen molar-refractivity contribution in [3.8, 4) is 11.1 Å². The molecule has 7 heteroatoms. The highest BCUT2D eigenvalue weighted by Gasteiger charge is 2.18. The van der Waals surface area contributed by atoms with Crippen LogP contribution in [-0.2, 0) is 11.3 Å². The second-order valence-corrected chi connectivity index (χ2v) is 8.70. The summed E-state index contributed by atoms with van der Waals surface area (Å²) in [6, 6.07) is 11.2. The van der Waals surface area contributed by atoms with E-state index in [0.29, 0.717) is 22.5 Å². The number of H-pyrrole nitrogens is 1. The fourth-order valence-corrected chi connectivity index (χ4v) is 4.47. The smallest absolute Gasteiger partial charge is 0.251 e. The largest absolute Gasteiger partial charge is 0.381 e. The van der Waals surface area contributed by atoms with Gasteiger partial charge in [-0.15, -0.1) is 0 Å². The van der Waals surface area contributed by atoms with E-state index in [4.69, 9.17) is 27.9 Å². The minimum Gasteiger partial charge on any atom is -0.381 e. The van der Waals surface area contributed by atoms with Gasteiger partial charge < -0.3 is 14.3 Å². The van der Waals surface area contributed by atoms with Gasteiger partial charge in [-0.1, -0.05) is 29.3 Å². The van der Waals surface area contributed by atoms with Crippen LogP contribution in [0.5, 0.6) is 0 Å². The van der Waals surface area contributed by atoms with Crippen LogP contribution in [0.2, 0.25) is 10.0 Å². The molecule has 0 bridgehead atoms. The molecule has 1 aromatic carbocycles. The minimum absolute atomic E-state index is 0.0773. The third kappa shape index (κ3) is 4.13. The average molecular weight is 454 g/mol. The van der Waals surface area contributed by atoms with Crippen molar-refractivity contribution >= 4 is 34.2 Å². The highest BCUT2D eigenvalue weighted by molar-refractivity contribution is 6.42. The third-order valence-electron chi connectivity index (χ3n) is 5.89. The Morgan fingerprint density at radius 1 is 1.10 bits per heavy atom. The number of ether oxygens (including phenoxy) is 1. The SMILES string of the molecule is O=c1cc(-c2c[nH]c3ncc(C4CCOCC4)cc23)ccn1Cc1ccc(Cl)c(Cl)c1. The summed E-state index contributed by atoms with van der Waals surface area (Å²) in [5.41, 5.74) is 4.74. The first-order chi connectivity index (χ1) is 15.1. The van der Waals surface area contributed by atoms with Crippen molar-refractivity contribution in [2.75, 3.05) is 13.2 Å². The number of hydrogen-bond donors (Lipinski definition) is 1. The van der Waals surface area contributed by atoms with E-state index in [1.165, 1.54) is 5.56 Å². The van der Waals surface area contributed by atoms with Gasteiger partial charge in [0.15, 0.2) is 0 Å². The summed E-state index contributed by atoms with van der Waals surface area (Å²) in [4.78, 5) is 20.6. The van der Waals surface area contributed by atoms with E-state index < -0.39 is 0 Å². The normalized spacial score (nSPS) is 14.9. The summed E-state index contributed by atoms with van der Waals surface area (Å²) in [6.07, 6.45) is 7.71. The number of benzene rings is 1. The van der Waals surface area contributed by atoms with Crippen LogP contribution in [0.4, 0.5) is 0 Å². The fraction of sp³-hybridized carbons (Fsp3) is 0.250. The third-order valence-corrected chi connectivity index (χ3v) is 6.63. The Morgan fingerprint density at radius 3 is 2.71 bits per heavy atom. The fourth-order valence-electron chi connectivity index (χ4n) is 4.15. The molecule has 1 aliphatic heterocycles. The summed E-state index contributed by atoms with van der Waals surface area (Å²) in [7, 11) is 0. The highest BCUT2D eigenvalue weighted by Crippen LogP contribution is 2.32. The molecule has 0 saturated carbocycles. The van der Waals surface area contributed by atoms with Gasteiger partial charge >= 0.3 is 0 Å². The molecular weight excluding hydrogens is 433 g/mol. The van der Waals surface area contributed by atoms with Crippen LogP contribution in [-0.4, -0.2) is 27.7 Å². The molecule has 0 spiro atoms. The minimum atomic E-state index is -0.0773. The maximum atomic E-state index is 12.8. The van der Waals surface area contributed by atoms with E-state index in [1.54, 1.807) is 22.8 Å². The van der Waals surface area contributed by atoms with Crippen LogP contribution in [0.25, 0.3) is 22.2 Å². The Bertz CT molecular complexity index is 1310. The lowest BCUT2D eigenvalue weighted by atomic mass is 9.92. The molecular formula is C24H21Cl2N3O2. The number of hydrogen-bond acceptors (Lipinski definition) is 3. The van der Waals surface area contributed by atoms with Gasteiger partial charge in [0, 0.05) is 48.8 Å². The molecule has 31 heavy (non-hydrogen) atoms. The maximum absolute atomic E-state index is 12.8. The average Bonchev–Trinajstić information content (AvgIpc) is 3.21. The molecule has 0 atom stereocenters. The number of aromatic nitrogens is 3. The van der Waals surface area contributed by atoms with Gasteiger partial charge in [-0.3, -0.25) is 4.79 Å². The molecule has 1 N–H and O–H groups in total.